The molecule has 0 spiro atoms. The summed E-state index contributed by atoms with van der Waals surface area (Å²) in [6, 6.07) is 12.3. The summed E-state index contributed by atoms with van der Waals surface area (Å²) in [7, 11) is 0. The molecule has 0 aromatic heterocycles. The Labute approximate surface area is 119 Å². The maximum Gasteiger partial charge on any atom is 0.256 e. The maximum absolute atomic E-state index is 12.1. The lowest BCUT2D eigenvalue weighted by molar-refractivity contribution is -0.110. The number of carbonyl (C=O) groups is 1. The molecule has 2 aromatic rings. The molecular formula is C18H17NO. The Kier molecular flexibility index (Phi) is 2.94. The molecule has 1 aliphatic heterocycles. The third-order valence-corrected chi connectivity index (χ3v) is 3.68. The first-order chi connectivity index (χ1) is 9.54. The number of fused-ring (bicyclic) bond motifs is 1. The molecule has 1 amide bonds. The van der Waals surface area contributed by atoms with Crippen LogP contribution in [0.1, 0.15) is 27.8 Å². The van der Waals surface area contributed by atoms with Crippen molar-refractivity contribution in [1.29, 1.82) is 0 Å². The van der Waals surface area contributed by atoms with Crippen LogP contribution in [0.2, 0.25) is 0 Å². The van der Waals surface area contributed by atoms with Gasteiger partial charge in [-0.25, -0.2) is 0 Å². The summed E-state index contributed by atoms with van der Waals surface area (Å²) in [6.45, 7) is 6.19. The number of hydrogen-bond acceptors (Lipinski definition) is 1. The lowest BCUT2D eigenvalue weighted by atomic mass is 9.99. The molecule has 0 atom stereocenters. The molecule has 2 nitrogen and oxygen atoms in total. The van der Waals surface area contributed by atoms with Crippen LogP contribution in [0.25, 0.3) is 11.6 Å². The van der Waals surface area contributed by atoms with E-state index in [4.69, 9.17) is 0 Å². The lowest BCUT2D eigenvalue weighted by Crippen LogP contribution is -2.03. The average molecular weight is 263 g/mol. The van der Waals surface area contributed by atoms with Gasteiger partial charge in [0.25, 0.3) is 5.91 Å². The first-order valence-electron chi connectivity index (χ1n) is 6.76. The molecule has 0 aliphatic carbocycles. The predicted molar refractivity (Wildman–Crippen MR) is 83.6 cm³/mol. The van der Waals surface area contributed by atoms with E-state index < -0.39 is 0 Å². The van der Waals surface area contributed by atoms with Crippen molar-refractivity contribution in [1.82, 2.24) is 0 Å². The molecule has 2 aromatic carbocycles. The molecule has 0 saturated heterocycles. The Morgan fingerprint density at radius 1 is 0.950 bits per heavy atom. The summed E-state index contributed by atoms with van der Waals surface area (Å²) < 4.78 is 0. The van der Waals surface area contributed by atoms with Gasteiger partial charge in [-0.3, -0.25) is 4.79 Å². The highest BCUT2D eigenvalue weighted by atomic mass is 16.2. The van der Waals surface area contributed by atoms with Gasteiger partial charge in [0.05, 0.1) is 0 Å². The topological polar surface area (TPSA) is 29.1 Å². The van der Waals surface area contributed by atoms with Crippen LogP contribution in [0.3, 0.4) is 0 Å². The van der Waals surface area contributed by atoms with Crippen LogP contribution in [0.4, 0.5) is 5.69 Å². The molecule has 100 valence electrons. The standard InChI is InChI=1S/C18H17NO/c1-11-4-6-14(13(3)8-11)10-16-15-9-12(2)5-7-17(15)19-18(16)20/h4-10H,1-3H3,(H,19,20)/b16-10+. The van der Waals surface area contributed by atoms with Gasteiger partial charge in [-0.15, -0.1) is 0 Å². The van der Waals surface area contributed by atoms with Crippen molar-refractivity contribution in [2.24, 2.45) is 0 Å². The van der Waals surface area contributed by atoms with Crippen LogP contribution < -0.4 is 5.32 Å². The van der Waals surface area contributed by atoms with Crippen molar-refractivity contribution in [2.45, 2.75) is 20.8 Å². The molecule has 1 heterocycles. The summed E-state index contributed by atoms with van der Waals surface area (Å²) in [4.78, 5) is 12.1. The minimum atomic E-state index is -0.0226. The second-order valence-corrected chi connectivity index (χ2v) is 5.42. The fourth-order valence-electron chi connectivity index (χ4n) is 2.59. The zero-order chi connectivity index (χ0) is 14.3. The summed E-state index contributed by atoms with van der Waals surface area (Å²) in [5.41, 5.74) is 7.31. The molecule has 1 aliphatic rings. The minimum Gasteiger partial charge on any atom is -0.321 e. The summed E-state index contributed by atoms with van der Waals surface area (Å²) >= 11 is 0. The third-order valence-electron chi connectivity index (χ3n) is 3.68. The highest BCUT2D eigenvalue weighted by Gasteiger charge is 2.23. The Hall–Kier alpha value is -2.35. The molecule has 1 N–H and O–H groups in total. The van der Waals surface area contributed by atoms with E-state index in [1.54, 1.807) is 0 Å². The molecule has 0 radical (unpaired) electrons. The Bertz CT molecular complexity index is 741. The third kappa shape index (κ3) is 2.14. The second kappa shape index (κ2) is 4.64. The van der Waals surface area contributed by atoms with E-state index in [9.17, 15) is 4.79 Å². The van der Waals surface area contributed by atoms with Crippen LogP contribution in [0, 0.1) is 20.8 Å². The first kappa shape index (κ1) is 12.7. The fraction of sp³-hybridized carbons (Fsp3) is 0.167. The Balaban J connectivity index is 2.13. The summed E-state index contributed by atoms with van der Waals surface area (Å²) in [6.07, 6.45) is 1.98. The minimum absolute atomic E-state index is 0.0226. The van der Waals surface area contributed by atoms with Crippen molar-refractivity contribution in [3.05, 3.63) is 64.2 Å². The van der Waals surface area contributed by atoms with E-state index in [0.717, 1.165) is 28.0 Å². The van der Waals surface area contributed by atoms with Crippen molar-refractivity contribution in [3.63, 3.8) is 0 Å². The van der Waals surface area contributed by atoms with E-state index >= 15 is 0 Å². The zero-order valence-corrected chi connectivity index (χ0v) is 11.9. The van der Waals surface area contributed by atoms with Crippen molar-refractivity contribution >= 4 is 23.2 Å². The number of amides is 1. The predicted octanol–water partition coefficient (Wildman–Crippen LogP) is 4.10. The largest absolute Gasteiger partial charge is 0.321 e. The number of carbonyl (C=O) groups excluding carboxylic acids is 1. The van der Waals surface area contributed by atoms with Gasteiger partial charge in [0.15, 0.2) is 0 Å². The van der Waals surface area contributed by atoms with Crippen LogP contribution in [0.5, 0.6) is 0 Å². The molecule has 2 heteroatoms. The molecule has 0 unspecified atom stereocenters. The highest BCUT2D eigenvalue weighted by molar-refractivity contribution is 6.35. The molecule has 0 saturated carbocycles. The number of hydrogen-bond donors (Lipinski definition) is 1. The van der Waals surface area contributed by atoms with Crippen molar-refractivity contribution < 1.29 is 4.79 Å². The van der Waals surface area contributed by atoms with Gasteiger partial charge in [0, 0.05) is 16.8 Å². The van der Waals surface area contributed by atoms with E-state index in [-0.39, 0.29) is 5.91 Å². The smallest absolute Gasteiger partial charge is 0.256 e. The molecule has 0 bridgehead atoms. The molecule has 20 heavy (non-hydrogen) atoms. The SMILES string of the molecule is Cc1ccc(/C=C2/C(=O)Nc3ccc(C)cc32)c(C)c1. The van der Waals surface area contributed by atoms with Crippen LogP contribution in [-0.4, -0.2) is 5.91 Å². The van der Waals surface area contributed by atoms with Gasteiger partial charge in [-0.1, -0.05) is 35.4 Å². The average Bonchev–Trinajstić information content (AvgIpc) is 2.69. The Morgan fingerprint density at radius 2 is 1.65 bits per heavy atom. The van der Waals surface area contributed by atoms with E-state index in [1.807, 2.05) is 25.1 Å². The Morgan fingerprint density at radius 3 is 2.40 bits per heavy atom. The van der Waals surface area contributed by atoms with E-state index in [2.05, 4.69) is 43.4 Å². The first-order valence-corrected chi connectivity index (χ1v) is 6.76. The number of benzene rings is 2. The van der Waals surface area contributed by atoms with Gasteiger partial charge in [-0.2, -0.15) is 0 Å². The number of nitrogens with one attached hydrogen (secondary N) is 1. The van der Waals surface area contributed by atoms with Crippen molar-refractivity contribution in [2.75, 3.05) is 5.32 Å². The van der Waals surface area contributed by atoms with Gasteiger partial charge >= 0.3 is 0 Å². The zero-order valence-electron chi connectivity index (χ0n) is 11.9. The fourth-order valence-corrected chi connectivity index (χ4v) is 2.59. The maximum atomic E-state index is 12.1. The second-order valence-electron chi connectivity index (χ2n) is 5.42. The number of rotatable bonds is 1. The van der Waals surface area contributed by atoms with Crippen molar-refractivity contribution in [3.8, 4) is 0 Å². The number of anilines is 1. The number of aryl methyl sites for hydroxylation is 3. The normalized spacial score (nSPS) is 15.3. The van der Waals surface area contributed by atoms with E-state index in [1.165, 1.54) is 11.1 Å². The summed E-state index contributed by atoms with van der Waals surface area (Å²) in [5, 5.41) is 2.92. The van der Waals surface area contributed by atoms with Crippen LogP contribution in [0.15, 0.2) is 36.4 Å². The quantitative estimate of drug-likeness (QED) is 0.771. The summed E-state index contributed by atoms with van der Waals surface area (Å²) in [5.74, 6) is -0.0226. The monoisotopic (exact) mass is 263 g/mol. The van der Waals surface area contributed by atoms with Crippen LogP contribution >= 0.6 is 0 Å². The van der Waals surface area contributed by atoms with Gasteiger partial charge in [0.2, 0.25) is 0 Å². The molecular weight excluding hydrogens is 246 g/mol. The van der Waals surface area contributed by atoms with E-state index in [0.29, 0.717) is 0 Å². The van der Waals surface area contributed by atoms with Gasteiger partial charge in [-0.05, 0) is 50.1 Å². The highest BCUT2D eigenvalue weighted by Crippen LogP contribution is 2.34. The van der Waals surface area contributed by atoms with Gasteiger partial charge < -0.3 is 5.32 Å². The molecule has 0 fully saturated rings. The lowest BCUT2D eigenvalue weighted by Gasteiger charge is -2.04. The molecule has 3 rings (SSSR count). The van der Waals surface area contributed by atoms with Gasteiger partial charge in [0.1, 0.15) is 0 Å². The van der Waals surface area contributed by atoms with Crippen LogP contribution in [-0.2, 0) is 4.79 Å².